The summed E-state index contributed by atoms with van der Waals surface area (Å²) < 4.78 is 5.16. The zero-order valence-electron chi connectivity index (χ0n) is 6.47. The van der Waals surface area contributed by atoms with Gasteiger partial charge in [0.05, 0.1) is 12.9 Å². The summed E-state index contributed by atoms with van der Waals surface area (Å²) in [5.41, 5.74) is 1.33. The van der Waals surface area contributed by atoms with Crippen LogP contribution in [0.25, 0.3) is 0 Å². The molecule has 0 aromatic heterocycles. The summed E-state index contributed by atoms with van der Waals surface area (Å²) in [6.45, 7) is 2.78. The first-order chi connectivity index (χ1) is 4.93. The van der Waals surface area contributed by atoms with E-state index < -0.39 is 0 Å². The SMILES string of the molecule is CCOC=C1C=CCCC1. The topological polar surface area (TPSA) is 9.23 Å². The summed E-state index contributed by atoms with van der Waals surface area (Å²) in [4.78, 5) is 0. The maximum Gasteiger partial charge on any atom is 0.0860 e. The Bertz CT molecular complexity index is 145. The second-order valence-electron chi connectivity index (χ2n) is 2.44. The van der Waals surface area contributed by atoms with Crippen LogP contribution in [-0.2, 0) is 4.74 Å². The molecule has 0 radical (unpaired) electrons. The molecule has 0 N–H and O–H groups in total. The van der Waals surface area contributed by atoms with Gasteiger partial charge < -0.3 is 4.74 Å². The summed E-state index contributed by atoms with van der Waals surface area (Å²) in [5, 5.41) is 0. The van der Waals surface area contributed by atoms with Crippen molar-refractivity contribution >= 4 is 0 Å². The van der Waals surface area contributed by atoms with Crippen LogP contribution < -0.4 is 0 Å². The van der Waals surface area contributed by atoms with Crippen molar-refractivity contribution in [2.75, 3.05) is 6.61 Å². The van der Waals surface area contributed by atoms with Crippen LogP contribution in [0, 0.1) is 0 Å². The van der Waals surface area contributed by atoms with Gasteiger partial charge in [0, 0.05) is 0 Å². The van der Waals surface area contributed by atoms with Crippen LogP contribution in [-0.4, -0.2) is 6.61 Å². The first kappa shape index (κ1) is 7.39. The number of hydrogen-bond donors (Lipinski definition) is 0. The van der Waals surface area contributed by atoms with Gasteiger partial charge in [0.15, 0.2) is 0 Å². The zero-order valence-corrected chi connectivity index (χ0v) is 6.47. The van der Waals surface area contributed by atoms with E-state index in [-0.39, 0.29) is 0 Å². The highest BCUT2D eigenvalue weighted by Crippen LogP contribution is 2.15. The first-order valence-electron chi connectivity index (χ1n) is 3.90. The Morgan fingerprint density at radius 3 is 3.20 bits per heavy atom. The Morgan fingerprint density at radius 2 is 2.60 bits per heavy atom. The van der Waals surface area contributed by atoms with E-state index in [1.54, 1.807) is 0 Å². The molecule has 0 unspecified atom stereocenters. The van der Waals surface area contributed by atoms with E-state index in [0.29, 0.717) is 0 Å². The first-order valence-corrected chi connectivity index (χ1v) is 3.90. The van der Waals surface area contributed by atoms with Crippen molar-refractivity contribution in [3.63, 3.8) is 0 Å². The molecule has 0 aromatic carbocycles. The Labute approximate surface area is 62.4 Å². The molecule has 0 bridgehead atoms. The molecule has 1 rings (SSSR count). The normalized spacial score (nSPS) is 21.5. The third-order valence-electron chi connectivity index (χ3n) is 1.57. The second-order valence-corrected chi connectivity index (χ2v) is 2.44. The minimum Gasteiger partial charge on any atom is -0.501 e. The minimum absolute atomic E-state index is 0.775. The van der Waals surface area contributed by atoms with Crippen molar-refractivity contribution in [3.05, 3.63) is 24.0 Å². The molecule has 0 spiro atoms. The predicted molar refractivity (Wildman–Crippen MR) is 42.7 cm³/mol. The quantitative estimate of drug-likeness (QED) is 0.533. The third kappa shape index (κ3) is 2.26. The van der Waals surface area contributed by atoms with Crippen LogP contribution in [0.2, 0.25) is 0 Å². The molecule has 0 saturated carbocycles. The largest absolute Gasteiger partial charge is 0.501 e. The van der Waals surface area contributed by atoms with Crippen LogP contribution in [0.4, 0.5) is 0 Å². The van der Waals surface area contributed by atoms with Crippen molar-refractivity contribution < 1.29 is 4.74 Å². The predicted octanol–water partition coefficient (Wildman–Crippen LogP) is 2.65. The third-order valence-corrected chi connectivity index (χ3v) is 1.57. The highest BCUT2D eigenvalue weighted by atomic mass is 16.5. The van der Waals surface area contributed by atoms with Gasteiger partial charge in [-0.2, -0.15) is 0 Å². The van der Waals surface area contributed by atoms with E-state index in [1.165, 1.54) is 24.8 Å². The minimum atomic E-state index is 0.775. The molecule has 0 aliphatic heterocycles. The summed E-state index contributed by atoms with van der Waals surface area (Å²) in [7, 11) is 0. The molecule has 1 aliphatic carbocycles. The molecular weight excluding hydrogens is 124 g/mol. The van der Waals surface area contributed by atoms with Crippen molar-refractivity contribution in [1.82, 2.24) is 0 Å². The van der Waals surface area contributed by atoms with Crippen molar-refractivity contribution in [2.24, 2.45) is 0 Å². The van der Waals surface area contributed by atoms with E-state index in [0.717, 1.165) is 6.61 Å². The molecule has 0 saturated heterocycles. The Balaban J connectivity index is 2.38. The van der Waals surface area contributed by atoms with Gasteiger partial charge in [-0.3, -0.25) is 0 Å². The van der Waals surface area contributed by atoms with Gasteiger partial charge in [0.1, 0.15) is 0 Å². The lowest BCUT2D eigenvalue weighted by molar-refractivity contribution is 0.266. The zero-order chi connectivity index (χ0) is 7.23. The van der Waals surface area contributed by atoms with Gasteiger partial charge in [-0.15, -0.1) is 0 Å². The molecule has 0 heterocycles. The lowest BCUT2D eigenvalue weighted by Gasteiger charge is -2.06. The van der Waals surface area contributed by atoms with Crippen molar-refractivity contribution in [1.29, 1.82) is 0 Å². The van der Waals surface area contributed by atoms with Crippen LogP contribution in [0.1, 0.15) is 26.2 Å². The van der Waals surface area contributed by atoms with Gasteiger partial charge in [0.25, 0.3) is 0 Å². The number of hydrogen-bond acceptors (Lipinski definition) is 1. The van der Waals surface area contributed by atoms with Crippen LogP contribution in [0.15, 0.2) is 24.0 Å². The van der Waals surface area contributed by atoms with E-state index in [9.17, 15) is 0 Å². The van der Waals surface area contributed by atoms with Crippen LogP contribution in [0.5, 0.6) is 0 Å². The molecule has 1 nitrogen and oxygen atoms in total. The fourth-order valence-corrected chi connectivity index (χ4v) is 1.03. The molecule has 10 heavy (non-hydrogen) atoms. The highest BCUT2D eigenvalue weighted by molar-refractivity contribution is 5.19. The molecule has 0 fully saturated rings. The monoisotopic (exact) mass is 138 g/mol. The molecule has 1 aliphatic rings. The van der Waals surface area contributed by atoms with Gasteiger partial charge in [-0.05, 0) is 31.8 Å². The Morgan fingerprint density at radius 1 is 1.70 bits per heavy atom. The van der Waals surface area contributed by atoms with Crippen molar-refractivity contribution in [2.45, 2.75) is 26.2 Å². The maximum atomic E-state index is 5.16. The number of rotatable bonds is 2. The second kappa shape index (κ2) is 4.15. The molecule has 56 valence electrons. The number of ether oxygens (including phenoxy) is 1. The Kier molecular flexibility index (Phi) is 3.07. The highest BCUT2D eigenvalue weighted by Gasteiger charge is 1.97. The van der Waals surface area contributed by atoms with Crippen molar-refractivity contribution in [3.8, 4) is 0 Å². The summed E-state index contributed by atoms with van der Waals surface area (Å²) in [6.07, 6.45) is 9.90. The maximum absolute atomic E-state index is 5.16. The molecule has 1 heteroatoms. The lowest BCUT2D eigenvalue weighted by Crippen LogP contribution is -1.88. The summed E-state index contributed by atoms with van der Waals surface area (Å²) >= 11 is 0. The summed E-state index contributed by atoms with van der Waals surface area (Å²) in [6, 6.07) is 0. The van der Waals surface area contributed by atoms with Gasteiger partial charge >= 0.3 is 0 Å². The standard InChI is InChI=1S/C9H14O/c1-2-10-8-9-6-4-3-5-7-9/h4,6,8H,2-3,5,7H2,1H3. The average Bonchev–Trinajstić information content (AvgIpc) is 2.03. The molecule has 0 amide bonds. The van der Waals surface area contributed by atoms with Gasteiger partial charge in [-0.1, -0.05) is 12.2 Å². The van der Waals surface area contributed by atoms with E-state index in [2.05, 4.69) is 12.2 Å². The van der Waals surface area contributed by atoms with Crippen LogP contribution >= 0.6 is 0 Å². The van der Waals surface area contributed by atoms with Gasteiger partial charge in [0.2, 0.25) is 0 Å². The van der Waals surface area contributed by atoms with E-state index >= 15 is 0 Å². The Hall–Kier alpha value is -0.720. The average molecular weight is 138 g/mol. The fourth-order valence-electron chi connectivity index (χ4n) is 1.03. The molecular formula is C9H14O. The lowest BCUT2D eigenvalue weighted by atomic mass is 10.0. The molecule has 0 atom stereocenters. The summed E-state index contributed by atoms with van der Waals surface area (Å²) in [5.74, 6) is 0. The van der Waals surface area contributed by atoms with Crippen LogP contribution in [0.3, 0.4) is 0 Å². The van der Waals surface area contributed by atoms with Gasteiger partial charge in [-0.25, -0.2) is 0 Å². The molecule has 0 aromatic rings. The van der Waals surface area contributed by atoms with E-state index in [4.69, 9.17) is 4.74 Å². The van der Waals surface area contributed by atoms with E-state index in [1.807, 2.05) is 13.2 Å². The fraction of sp³-hybridized carbons (Fsp3) is 0.556. The number of allylic oxidation sites excluding steroid dienone is 3. The smallest absolute Gasteiger partial charge is 0.0860 e.